The number of rotatable bonds is 6. The van der Waals surface area contributed by atoms with Crippen LogP contribution in [0.3, 0.4) is 0 Å². The molecule has 2 aromatic carbocycles. The number of amides is 2. The number of nitrogens with zero attached hydrogens (tertiary/aromatic N) is 3. The van der Waals surface area contributed by atoms with Crippen LogP contribution in [0.4, 0.5) is 0 Å². The van der Waals surface area contributed by atoms with Crippen LogP contribution in [0.25, 0.3) is 11.1 Å². The highest BCUT2D eigenvalue weighted by atomic mass is 16.5. The Bertz CT molecular complexity index is 1040. The van der Waals surface area contributed by atoms with Gasteiger partial charge in [0.05, 0.1) is 52.1 Å². The molecule has 3 aliphatic rings. The highest BCUT2D eigenvalue weighted by Gasteiger charge is 2.54. The molecule has 0 bridgehead atoms. The van der Waals surface area contributed by atoms with Crippen molar-refractivity contribution < 1.29 is 24.2 Å². The number of hydrogen-bond acceptors (Lipinski definition) is 6. The Labute approximate surface area is 199 Å². The number of fused-ring (bicyclic) bond motifs is 1. The molecule has 3 saturated heterocycles. The van der Waals surface area contributed by atoms with Gasteiger partial charge in [-0.2, -0.15) is 0 Å². The number of aliphatic hydroxyl groups excluding tert-OH is 1. The van der Waals surface area contributed by atoms with E-state index in [4.69, 9.17) is 9.47 Å². The van der Waals surface area contributed by atoms with Gasteiger partial charge >= 0.3 is 0 Å². The van der Waals surface area contributed by atoms with Crippen LogP contribution in [0, 0.1) is 0 Å². The van der Waals surface area contributed by atoms with Crippen molar-refractivity contribution in [3.63, 3.8) is 0 Å². The van der Waals surface area contributed by atoms with Gasteiger partial charge in [-0.1, -0.05) is 36.4 Å². The smallest absolute Gasteiger partial charge is 0.242 e. The van der Waals surface area contributed by atoms with Gasteiger partial charge in [0, 0.05) is 25.6 Å². The number of ether oxygens (including phenoxy) is 2. The number of carbonyl (C=O) groups is 2. The topological polar surface area (TPSA) is 82.6 Å². The third kappa shape index (κ3) is 4.29. The fourth-order valence-corrected chi connectivity index (χ4v) is 5.44. The second-order valence-corrected chi connectivity index (χ2v) is 9.16. The molecule has 2 aromatic rings. The minimum atomic E-state index is -0.253. The molecule has 3 aliphatic heterocycles. The lowest BCUT2D eigenvalue weighted by Gasteiger charge is -2.58. The summed E-state index contributed by atoms with van der Waals surface area (Å²) in [6.45, 7) is 3.53. The normalized spacial score (nSPS) is 25.0. The summed E-state index contributed by atoms with van der Waals surface area (Å²) in [6.07, 6.45) is 0. The summed E-state index contributed by atoms with van der Waals surface area (Å²) in [5, 5.41) is 10.0. The third-order valence-corrected chi connectivity index (χ3v) is 7.27. The van der Waals surface area contributed by atoms with Crippen molar-refractivity contribution in [2.24, 2.45) is 0 Å². The molecule has 0 unspecified atom stereocenters. The Morgan fingerprint density at radius 3 is 2.59 bits per heavy atom. The first-order chi connectivity index (χ1) is 16.6. The van der Waals surface area contributed by atoms with Gasteiger partial charge < -0.3 is 24.4 Å². The molecule has 3 fully saturated rings. The Kier molecular flexibility index (Phi) is 6.54. The second-order valence-electron chi connectivity index (χ2n) is 9.16. The summed E-state index contributed by atoms with van der Waals surface area (Å²) in [5.74, 6) is 0.691. The lowest BCUT2D eigenvalue weighted by atomic mass is 9.73. The van der Waals surface area contributed by atoms with E-state index in [0.29, 0.717) is 26.3 Å². The molecule has 0 aromatic heterocycles. The van der Waals surface area contributed by atoms with E-state index in [0.717, 1.165) is 35.5 Å². The average Bonchev–Trinajstić information content (AvgIpc) is 2.86. The number of aliphatic hydroxyl groups is 1. The zero-order valence-electron chi connectivity index (χ0n) is 19.4. The molecule has 180 valence electrons. The van der Waals surface area contributed by atoms with Gasteiger partial charge in [-0.25, -0.2) is 0 Å². The number of carbonyl (C=O) groups excluding carboxylic acids is 2. The summed E-state index contributed by atoms with van der Waals surface area (Å²) in [4.78, 5) is 31.4. The molecule has 1 N–H and O–H groups in total. The van der Waals surface area contributed by atoms with Crippen LogP contribution in [0.2, 0.25) is 0 Å². The first-order valence-corrected chi connectivity index (χ1v) is 11.8. The van der Waals surface area contributed by atoms with Gasteiger partial charge in [0.25, 0.3) is 0 Å². The zero-order chi connectivity index (χ0) is 23.7. The molecular formula is C26H31N3O5. The van der Waals surface area contributed by atoms with Gasteiger partial charge in [-0.05, 0) is 28.8 Å². The molecule has 8 heteroatoms. The van der Waals surface area contributed by atoms with Crippen LogP contribution in [0.5, 0.6) is 5.75 Å². The van der Waals surface area contributed by atoms with Crippen molar-refractivity contribution in [1.82, 2.24) is 14.7 Å². The van der Waals surface area contributed by atoms with Crippen LogP contribution in [0.15, 0.2) is 48.5 Å². The summed E-state index contributed by atoms with van der Waals surface area (Å²) >= 11 is 0. The number of hydrogen-bond donors (Lipinski definition) is 1. The number of morpholine rings is 1. The van der Waals surface area contributed by atoms with Crippen LogP contribution < -0.4 is 4.74 Å². The van der Waals surface area contributed by atoms with Crippen LogP contribution in [0.1, 0.15) is 11.5 Å². The van der Waals surface area contributed by atoms with Crippen molar-refractivity contribution >= 4 is 11.8 Å². The average molecular weight is 466 g/mol. The van der Waals surface area contributed by atoms with Crippen molar-refractivity contribution in [2.45, 2.75) is 18.0 Å². The van der Waals surface area contributed by atoms with Crippen molar-refractivity contribution in [1.29, 1.82) is 0 Å². The molecule has 2 amide bonds. The molecule has 5 rings (SSSR count). The Hall–Kier alpha value is -2.94. The maximum Gasteiger partial charge on any atom is 0.242 e. The van der Waals surface area contributed by atoms with E-state index in [-0.39, 0.29) is 43.0 Å². The van der Waals surface area contributed by atoms with Gasteiger partial charge in [0.1, 0.15) is 5.75 Å². The van der Waals surface area contributed by atoms with Crippen molar-refractivity contribution in [3.8, 4) is 16.9 Å². The van der Waals surface area contributed by atoms with Gasteiger partial charge in [-0.3, -0.25) is 14.5 Å². The molecular weight excluding hydrogens is 434 g/mol. The molecule has 34 heavy (non-hydrogen) atoms. The Balaban J connectivity index is 1.31. The number of methoxy groups -OCH3 is 1. The fourth-order valence-electron chi connectivity index (χ4n) is 5.44. The predicted molar refractivity (Wildman–Crippen MR) is 127 cm³/mol. The minimum Gasteiger partial charge on any atom is -0.497 e. The SMILES string of the molecule is COc1cccc(-c2ccc([C@@H]3[C@H](CO)N4C(=O)CN(C(=O)CN5CCOCC5)C[C@@H]34)cc2)c1. The van der Waals surface area contributed by atoms with E-state index in [1.807, 2.05) is 24.3 Å². The molecule has 0 radical (unpaired) electrons. The minimum absolute atomic E-state index is 0.00713. The number of piperazine rings is 1. The second kappa shape index (κ2) is 9.74. The van der Waals surface area contributed by atoms with E-state index < -0.39 is 0 Å². The molecule has 8 nitrogen and oxygen atoms in total. The first-order valence-electron chi connectivity index (χ1n) is 11.8. The van der Waals surface area contributed by atoms with Crippen molar-refractivity contribution in [2.75, 3.05) is 59.7 Å². The van der Waals surface area contributed by atoms with Gasteiger partial charge in [-0.15, -0.1) is 0 Å². The maximum atomic E-state index is 12.9. The summed E-state index contributed by atoms with van der Waals surface area (Å²) in [5.41, 5.74) is 3.20. The summed E-state index contributed by atoms with van der Waals surface area (Å²) in [6, 6.07) is 15.8. The molecule has 3 heterocycles. The Morgan fingerprint density at radius 1 is 1.12 bits per heavy atom. The standard InChI is InChI=1S/C26H31N3O5/c1-33-21-4-2-3-20(13-21)18-5-7-19(8-6-18)26-22-14-28(16-25(32)29(22)23(26)17-30)24(31)15-27-9-11-34-12-10-27/h2-8,13,22-23,26,30H,9-12,14-17H2,1H3/t22-,23-,26-/m0/s1. The molecule has 3 atom stereocenters. The summed E-state index contributed by atoms with van der Waals surface area (Å²) in [7, 11) is 1.65. The predicted octanol–water partition coefficient (Wildman–Crippen LogP) is 1.19. The van der Waals surface area contributed by atoms with Crippen LogP contribution in [-0.2, 0) is 14.3 Å². The van der Waals surface area contributed by atoms with E-state index >= 15 is 0 Å². The lowest BCUT2D eigenvalue weighted by Crippen LogP contribution is -2.73. The molecule has 0 aliphatic carbocycles. The van der Waals surface area contributed by atoms with Gasteiger partial charge in [0.2, 0.25) is 11.8 Å². The zero-order valence-corrected chi connectivity index (χ0v) is 19.4. The monoisotopic (exact) mass is 465 g/mol. The third-order valence-electron chi connectivity index (χ3n) is 7.27. The van der Waals surface area contributed by atoms with Crippen LogP contribution in [-0.4, -0.2) is 103 Å². The highest BCUT2D eigenvalue weighted by molar-refractivity contribution is 5.88. The highest BCUT2D eigenvalue weighted by Crippen LogP contribution is 2.43. The Morgan fingerprint density at radius 2 is 1.88 bits per heavy atom. The maximum absolute atomic E-state index is 12.9. The molecule has 0 saturated carbocycles. The fraction of sp³-hybridized carbons (Fsp3) is 0.462. The van der Waals surface area contributed by atoms with Crippen molar-refractivity contribution in [3.05, 3.63) is 54.1 Å². The van der Waals surface area contributed by atoms with E-state index in [1.165, 1.54) is 0 Å². The number of benzene rings is 2. The van der Waals surface area contributed by atoms with Gasteiger partial charge in [0.15, 0.2) is 0 Å². The largest absolute Gasteiger partial charge is 0.497 e. The first kappa shape index (κ1) is 22.8. The summed E-state index contributed by atoms with van der Waals surface area (Å²) < 4.78 is 10.7. The van der Waals surface area contributed by atoms with E-state index in [2.05, 4.69) is 29.2 Å². The van der Waals surface area contributed by atoms with E-state index in [1.54, 1.807) is 16.9 Å². The molecule has 0 spiro atoms. The lowest BCUT2D eigenvalue weighted by molar-refractivity contribution is -0.167. The van der Waals surface area contributed by atoms with E-state index in [9.17, 15) is 14.7 Å². The quantitative estimate of drug-likeness (QED) is 0.690. The van der Waals surface area contributed by atoms with Crippen LogP contribution >= 0.6 is 0 Å².